The first-order valence-corrected chi connectivity index (χ1v) is 12.8. The van der Waals surface area contributed by atoms with Crippen LogP contribution in [-0.2, 0) is 16.1 Å². The van der Waals surface area contributed by atoms with Gasteiger partial charge in [0.25, 0.3) is 5.56 Å². The number of unbranched alkanes of at least 4 members (excludes halogenated alkanes) is 2. The minimum Gasteiger partial charge on any atom is -0.343 e. The predicted molar refractivity (Wildman–Crippen MR) is 135 cm³/mol. The molecule has 0 spiro atoms. The molecule has 2 aromatic rings. The number of likely N-dealkylation sites (N-methyl/N-ethyl adjacent to an activating group) is 1. The maximum Gasteiger partial charge on any atom is 0.262 e. The van der Waals surface area contributed by atoms with E-state index < -0.39 is 0 Å². The number of carbonyl (C=O) groups is 2. The fourth-order valence-corrected chi connectivity index (χ4v) is 5.23. The number of piperidine rings is 1. The Kier molecular flexibility index (Phi) is 8.15. The number of hydrogen-bond acceptors (Lipinski definition) is 5. The summed E-state index contributed by atoms with van der Waals surface area (Å²) in [6.07, 6.45) is 4.48. The molecule has 0 aliphatic carbocycles. The van der Waals surface area contributed by atoms with Crippen LogP contribution < -0.4 is 5.56 Å². The molecule has 2 aliphatic rings. The molecule has 0 radical (unpaired) electrons. The van der Waals surface area contributed by atoms with E-state index >= 15 is 0 Å². The lowest BCUT2D eigenvalue weighted by Crippen LogP contribution is -2.51. The number of aromatic nitrogens is 2. The topological polar surface area (TPSA) is 81.7 Å². The van der Waals surface area contributed by atoms with Gasteiger partial charge in [0.2, 0.25) is 11.8 Å². The molecule has 3 heterocycles. The van der Waals surface area contributed by atoms with Crippen molar-refractivity contribution in [2.45, 2.75) is 45.1 Å². The molecule has 0 atom stereocenters. The second kappa shape index (κ2) is 11.3. The number of piperazine rings is 1. The second-order valence-electron chi connectivity index (χ2n) is 9.53. The molecular weight excluding hydrogens is 450 g/mol. The highest BCUT2D eigenvalue weighted by Gasteiger charge is 2.31. The Morgan fingerprint density at radius 3 is 2.41 bits per heavy atom. The zero-order chi connectivity index (χ0) is 24.1. The zero-order valence-electron chi connectivity index (χ0n) is 20.0. The highest BCUT2D eigenvalue weighted by atomic mass is 32.1. The summed E-state index contributed by atoms with van der Waals surface area (Å²) in [6.45, 7) is 5.38. The summed E-state index contributed by atoms with van der Waals surface area (Å²) < 4.78 is 2.05. The molecule has 9 heteroatoms. The quantitative estimate of drug-likeness (QED) is 0.482. The van der Waals surface area contributed by atoms with Gasteiger partial charge in [-0.1, -0.05) is 18.6 Å². The molecule has 2 fully saturated rings. The Hall–Kier alpha value is -2.52. The van der Waals surface area contributed by atoms with Crippen LogP contribution in [0.5, 0.6) is 0 Å². The van der Waals surface area contributed by atoms with Crippen molar-refractivity contribution in [1.29, 1.82) is 0 Å². The number of para-hydroxylation sites is 1. The smallest absolute Gasteiger partial charge is 0.262 e. The second-order valence-corrected chi connectivity index (χ2v) is 9.91. The van der Waals surface area contributed by atoms with Crippen LogP contribution in [0.3, 0.4) is 0 Å². The van der Waals surface area contributed by atoms with Gasteiger partial charge in [0.15, 0.2) is 4.77 Å². The molecule has 1 aromatic carbocycles. The third-order valence-electron chi connectivity index (χ3n) is 7.17. The maximum atomic E-state index is 12.8. The highest BCUT2D eigenvalue weighted by Crippen LogP contribution is 2.21. The van der Waals surface area contributed by atoms with E-state index in [1.165, 1.54) is 0 Å². The van der Waals surface area contributed by atoms with Gasteiger partial charge in [-0.25, -0.2) is 0 Å². The third-order valence-corrected chi connectivity index (χ3v) is 7.50. The van der Waals surface area contributed by atoms with Gasteiger partial charge in [-0.15, -0.1) is 0 Å². The van der Waals surface area contributed by atoms with Gasteiger partial charge in [0, 0.05) is 58.2 Å². The Labute approximate surface area is 205 Å². The Morgan fingerprint density at radius 2 is 1.68 bits per heavy atom. The molecule has 1 aromatic heterocycles. The van der Waals surface area contributed by atoms with Crippen LogP contribution in [0.15, 0.2) is 29.1 Å². The van der Waals surface area contributed by atoms with Crippen molar-refractivity contribution in [1.82, 2.24) is 24.3 Å². The minimum absolute atomic E-state index is 0.0529. The SMILES string of the molecule is CN1CCN(C(=O)C2CCN(C(=O)CCCCCn3c(=S)[nH]c4ccccc4c3=O)CC2)CC1. The lowest BCUT2D eigenvalue weighted by Gasteiger charge is -2.37. The first-order valence-electron chi connectivity index (χ1n) is 12.4. The molecule has 0 unspecified atom stereocenters. The van der Waals surface area contributed by atoms with Crippen LogP contribution in [0.2, 0.25) is 0 Å². The van der Waals surface area contributed by atoms with Crippen molar-refractivity contribution < 1.29 is 9.59 Å². The monoisotopic (exact) mass is 485 g/mol. The van der Waals surface area contributed by atoms with Crippen LogP contribution in [0, 0.1) is 10.7 Å². The van der Waals surface area contributed by atoms with Gasteiger partial charge < -0.3 is 19.7 Å². The van der Waals surface area contributed by atoms with Gasteiger partial charge in [0.1, 0.15) is 0 Å². The van der Waals surface area contributed by atoms with Gasteiger partial charge in [0.05, 0.1) is 10.9 Å². The fourth-order valence-electron chi connectivity index (χ4n) is 4.94. The summed E-state index contributed by atoms with van der Waals surface area (Å²) in [5.41, 5.74) is 0.692. The molecule has 1 N–H and O–H groups in total. The minimum atomic E-state index is -0.0654. The van der Waals surface area contributed by atoms with E-state index in [2.05, 4.69) is 16.9 Å². The van der Waals surface area contributed by atoms with E-state index in [9.17, 15) is 14.4 Å². The van der Waals surface area contributed by atoms with Crippen molar-refractivity contribution in [2.24, 2.45) is 5.92 Å². The van der Waals surface area contributed by atoms with Crippen LogP contribution >= 0.6 is 12.2 Å². The molecule has 4 rings (SSSR count). The van der Waals surface area contributed by atoms with E-state index in [1.807, 2.05) is 28.0 Å². The number of rotatable bonds is 7. The van der Waals surface area contributed by atoms with Crippen LogP contribution in [0.1, 0.15) is 38.5 Å². The number of amides is 2. The number of H-pyrrole nitrogens is 1. The van der Waals surface area contributed by atoms with E-state index in [1.54, 1.807) is 10.6 Å². The maximum absolute atomic E-state index is 12.8. The molecule has 0 saturated carbocycles. The standard InChI is InChI=1S/C25H35N5O3S/c1-27-15-17-29(18-16-27)23(32)19-10-13-28(14-11-19)22(31)9-3-2-6-12-30-24(33)20-7-4-5-8-21(20)26-25(30)34/h4-5,7-8,19H,2-3,6,9-18H2,1H3,(H,26,34). The molecule has 0 bridgehead atoms. The number of nitrogens with one attached hydrogen (secondary N) is 1. The fraction of sp³-hybridized carbons (Fsp3) is 0.600. The molecule has 8 nitrogen and oxygen atoms in total. The highest BCUT2D eigenvalue weighted by molar-refractivity contribution is 7.71. The summed E-state index contributed by atoms with van der Waals surface area (Å²) >= 11 is 5.36. The lowest BCUT2D eigenvalue weighted by molar-refractivity contribution is -0.142. The number of likely N-dealkylation sites (tertiary alicyclic amines) is 1. The van der Waals surface area contributed by atoms with Crippen LogP contribution in [0.4, 0.5) is 0 Å². The summed E-state index contributed by atoms with van der Waals surface area (Å²) in [5.74, 6) is 0.491. The number of nitrogens with zero attached hydrogens (tertiary/aromatic N) is 4. The number of aromatic amines is 1. The van der Waals surface area contributed by atoms with Gasteiger partial charge >= 0.3 is 0 Å². The van der Waals surface area contributed by atoms with Crippen molar-refractivity contribution in [3.05, 3.63) is 39.4 Å². The lowest BCUT2D eigenvalue weighted by atomic mass is 9.94. The molecule has 184 valence electrons. The van der Waals surface area contributed by atoms with Crippen LogP contribution in [-0.4, -0.2) is 82.4 Å². The first kappa shape index (κ1) is 24.6. The summed E-state index contributed by atoms with van der Waals surface area (Å²) in [6, 6.07) is 7.39. The normalized spacial score (nSPS) is 17.9. The average molecular weight is 486 g/mol. The number of fused-ring (bicyclic) bond motifs is 1. The summed E-state index contributed by atoms with van der Waals surface area (Å²) in [4.78, 5) is 47.4. The first-order chi connectivity index (χ1) is 16.4. The van der Waals surface area contributed by atoms with Gasteiger partial charge in [-0.05, 0) is 57.1 Å². The Morgan fingerprint density at radius 1 is 0.971 bits per heavy atom. The van der Waals surface area contributed by atoms with Crippen molar-refractivity contribution >= 4 is 34.9 Å². The summed E-state index contributed by atoms with van der Waals surface area (Å²) in [5, 5.41) is 0.640. The van der Waals surface area contributed by atoms with Crippen molar-refractivity contribution in [3.63, 3.8) is 0 Å². The zero-order valence-corrected chi connectivity index (χ0v) is 20.8. The molecule has 2 saturated heterocycles. The van der Waals surface area contributed by atoms with E-state index in [4.69, 9.17) is 12.2 Å². The van der Waals surface area contributed by atoms with Crippen molar-refractivity contribution in [3.8, 4) is 0 Å². The molecule has 34 heavy (non-hydrogen) atoms. The van der Waals surface area contributed by atoms with E-state index in [0.29, 0.717) is 36.2 Å². The van der Waals surface area contributed by atoms with Crippen molar-refractivity contribution in [2.75, 3.05) is 46.3 Å². The number of benzene rings is 1. The Bertz CT molecular complexity index is 1130. The summed E-state index contributed by atoms with van der Waals surface area (Å²) in [7, 11) is 2.09. The largest absolute Gasteiger partial charge is 0.343 e. The van der Waals surface area contributed by atoms with Gasteiger partial charge in [-0.3, -0.25) is 19.0 Å². The number of hydrogen-bond donors (Lipinski definition) is 1. The average Bonchev–Trinajstić information content (AvgIpc) is 2.85. The third kappa shape index (κ3) is 5.75. The molecular formula is C25H35N5O3S. The number of carbonyl (C=O) groups excluding carboxylic acids is 2. The predicted octanol–water partition coefficient (Wildman–Crippen LogP) is 2.63. The molecule has 2 aliphatic heterocycles. The van der Waals surface area contributed by atoms with E-state index in [0.717, 1.165) is 63.8 Å². The molecule has 2 amide bonds. The van der Waals surface area contributed by atoms with Gasteiger partial charge in [-0.2, -0.15) is 0 Å². The van der Waals surface area contributed by atoms with E-state index in [-0.39, 0.29) is 23.3 Å². The Balaban J connectivity index is 1.17. The van der Waals surface area contributed by atoms with Crippen LogP contribution in [0.25, 0.3) is 10.9 Å².